The lowest BCUT2D eigenvalue weighted by atomic mass is 10.2. The summed E-state index contributed by atoms with van der Waals surface area (Å²) in [5, 5.41) is 20.6. The zero-order chi connectivity index (χ0) is 12.1. The Morgan fingerprint density at radius 2 is 2.12 bits per heavy atom. The van der Waals surface area contributed by atoms with Crippen molar-refractivity contribution in [1.82, 2.24) is 10.0 Å². The van der Waals surface area contributed by atoms with Gasteiger partial charge in [0.2, 0.25) is 0 Å². The van der Waals surface area contributed by atoms with Crippen molar-refractivity contribution >= 4 is 12.1 Å². The third-order valence-corrected chi connectivity index (χ3v) is 2.76. The van der Waals surface area contributed by atoms with Crippen LogP contribution in [0.4, 0.5) is 4.79 Å². The number of hydrazine groups is 1. The lowest BCUT2D eigenvalue weighted by Crippen LogP contribution is -2.51. The number of unbranched alkanes of at least 4 members (excludes halogenated alkanes) is 1. The fraction of sp³-hybridized carbons (Fsp3) is 0.800. The van der Waals surface area contributed by atoms with Crippen molar-refractivity contribution in [1.29, 1.82) is 0 Å². The van der Waals surface area contributed by atoms with Gasteiger partial charge in [0.25, 0.3) is 0 Å². The van der Waals surface area contributed by atoms with Crippen LogP contribution in [0.1, 0.15) is 32.6 Å². The minimum absolute atomic E-state index is 0.371. The van der Waals surface area contributed by atoms with Crippen molar-refractivity contribution in [3.8, 4) is 0 Å². The predicted octanol–water partition coefficient (Wildman–Crippen LogP) is 1.23. The highest BCUT2D eigenvalue weighted by Crippen LogP contribution is 2.20. The van der Waals surface area contributed by atoms with Crippen LogP contribution in [0.25, 0.3) is 0 Å². The second kappa shape index (κ2) is 5.69. The molecule has 0 spiro atoms. The van der Waals surface area contributed by atoms with Crippen molar-refractivity contribution in [2.45, 2.75) is 38.6 Å². The first-order valence-corrected chi connectivity index (χ1v) is 5.57. The van der Waals surface area contributed by atoms with Crippen molar-refractivity contribution < 1.29 is 19.8 Å². The normalized spacial score (nSPS) is 20.9. The van der Waals surface area contributed by atoms with E-state index in [1.165, 1.54) is 5.01 Å². The number of aliphatic carboxylic acids is 1. The van der Waals surface area contributed by atoms with Gasteiger partial charge >= 0.3 is 12.1 Å². The highest BCUT2D eigenvalue weighted by Gasteiger charge is 2.36. The summed E-state index contributed by atoms with van der Waals surface area (Å²) < 4.78 is 0. The Kier molecular flexibility index (Phi) is 4.54. The second-order valence-electron chi connectivity index (χ2n) is 3.92. The maximum atomic E-state index is 11.1. The molecule has 1 heterocycles. The number of hydrogen-bond acceptors (Lipinski definition) is 3. The first-order valence-electron chi connectivity index (χ1n) is 5.57. The lowest BCUT2D eigenvalue weighted by Gasteiger charge is -2.32. The van der Waals surface area contributed by atoms with Gasteiger partial charge in [-0.2, -0.15) is 0 Å². The Hall–Kier alpha value is -1.30. The van der Waals surface area contributed by atoms with E-state index in [0.29, 0.717) is 19.5 Å². The summed E-state index contributed by atoms with van der Waals surface area (Å²) in [7, 11) is 0. The minimum atomic E-state index is -1.07. The molecule has 16 heavy (non-hydrogen) atoms. The fourth-order valence-electron chi connectivity index (χ4n) is 1.93. The summed E-state index contributed by atoms with van der Waals surface area (Å²) in [4.78, 5) is 22.0. The highest BCUT2D eigenvalue weighted by molar-refractivity contribution is 5.74. The van der Waals surface area contributed by atoms with Gasteiger partial charge < -0.3 is 10.2 Å². The summed E-state index contributed by atoms with van der Waals surface area (Å²) in [6.07, 6.45) is 1.81. The lowest BCUT2D eigenvalue weighted by molar-refractivity contribution is -0.147. The maximum absolute atomic E-state index is 11.1. The molecule has 6 nitrogen and oxygen atoms in total. The Labute approximate surface area is 94.4 Å². The SMILES string of the molecule is CCCCN(C(=O)O)N1CCC[C@H]1C(=O)O. The van der Waals surface area contributed by atoms with Crippen molar-refractivity contribution in [3.05, 3.63) is 0 Å². The number of carboxylic acids is 1. The largest absolute Gasteiger partial charge is 0.480 e. The standard InChI is InChI=1S/C10H18N2O4/c1-2-3-6-12(10(15)16)11-7-4-5-8(11)9(13)14/h8H,2-7H2,1H3,(H,13,14)(H,15,16)/t8-/m0/s1. The molecule has 1 fully saturated rings. The topological polar surface area (TPSA) is 81.1 Å². The molecule has 0 saturated carbocycles. The van der Waals surface area contributed by atoms with Gasteiger partial charge in [0.05, 0.1) is 0 Å². The van der Waals surface area contributed by atoms with Gasteiger partial charge in [0.15, 0.2) is 0 Å². The van der Waals surface area contributed by atoms with Gasteiger partial charge in [-0.25, -0.2) is 14.8 Å². The summed E-state index contributed by atoms with van der Waals surface area (Å²) >= 11 is 0. The number of amides is 1. The average Bonchev–Trinajstić information content (AvgIpc) is 2.66. The van der Waals surface area contributed by atoms with E-state index in [0.717, 1.165) is 24.3 Å². The van der Waals surface area contributed by atoms with E-state index in [-0.39, 0.29) is 0 Å². The zero-order valence-corrected chi connectivity index (χ0v) is 9.43. The highest BCUT2D eigenvalue weighted by atomic mass is 16.4. The van der Waals surface area contributed by atoms with Crippen LogP contribution in [0.3, 0.4) is 0 Å². The van der Waals surface area contributed by atoms with Crippen LogP contribution >= 0.6 is 0 Å². The summed E-state index contributed by atoms with van der Waals surface area (Å²) in [5.74, 6) is -0.944. The molecule has 2 N–H and O–H groups in total. The predicted molar refractivity (Wildman–Crippen MR) is 57.0 cm³/mol. The molecule has 1 aliphatic heterocycles. The molecule has 1 amide bonds. The van der Waals surface area contributed by atoms with Gasteiger partial charge in [-0.05, 0) is 19.3 Å². The first kappa shape index (κ1) is 12.8. The number of hydrogen-bond donors (Lipinski definition) is 2. The second-order valence-corrected chi connectivity index (χ2v) is 3.92. The molecule has 0 aliphatic carbocycles. The molecular formula is C10H18N2O4. The third-order valence-electron chi connectivity index (χ3n) is 2.76. The van der Waals surface area contributed by atoms with Crippen LogP contribution in [0.5, 0.6) is 0 Å². The zero-order valence-electron chi connectivity index (χ0n) is 9.43. The average molecular weight is 230 g/mol. The monoisotopic (exact) mass is 230 g/mol. The van der Waals surface area contributed by atoms with Crippen molar-refractivity contribution in [2.75, 3.05) is 13.1 Å². The Morgan fingerprint density at radius 1 is 1.44 bits per heavy atom. The molecule has 1 atom stereocenters. The Bertz CT molecular complexity index is 270. The van der Waals surface area contributed by atoms with Crippen molar-refractivity contribution in [3.63, 3.8) is 0 Å². The van der Waals surface area contributed by atoms with E-state index in [4.69, 9.17) is 10.2 Å². The van der Waals surface area contributed by atoms with E-state index in [1.54, 1.807) is 0 Å². The first-order chi connectivity index (χ1) is 7.57. The van der Waals surface area contributed by atoms with E-state index in [1.807, 2.05) is 6.92 Å². The minimum Gasteiger partial charge on any atom is -0.480 e. The summed E-state index contributed by atoms with van der Waals surface area (Å²) in [5.41, 5.74) is 0. The molecular weight excluding hydrogens is 212 g/mol. The van der Waals surface area contributed by atoms with Gasteiger partial charge in [-0.1, -0.05) is 13.3 Å². The molecule has 1 rings (SSSR count). The molecule has 0 bridgehead atoms. The molecule has 92 valence electrons. The smallest absolute Gasteiger partial charge is 0.422 e. The molecule has 1 aliphatic rings. The summed E-state index contributed by atoms with van der Waals surface area (Å²) in [6, 6.07) is -0.687. The van der Waals surface area contributed by atoms with Gasteiger partial charge in [-0.3, -0.25) is 4.79 Å². The van der Waals surface area contributed by atoms with E-state index >= 15 is 0 Å². The van der Waals surface area contributed by atoms with Crippen LogP contribution in [-0.2, 0) is 4.79 Å². The molecule has 6 heteroatoms. The third kappa shape index (κ3) is 2.85. The summed E-state index contributed by atoms with van der Waals surface area (Å²) in [6.45, 7) is 2.85. The molecule has 0 aromatic rings. The molecule has 0 aromatic carbocycles. The van der Waals surface area contributed by atoms with Gasteiger partial charge in [0.1, 0.15) is 6.04 Å². The van der Waals surface area contributed by atoms with Crippen LogP contribution in [-0.4, -0.2) is 51.4 Å². The van der Waals surface area contributed by atoms with E-state index < -0.39 is 18.1 Å². The number of carboxylic acid groups (broad SMARTS) is 2. The van der Waals surface area contributed by atoms with Crippen LogP contribution in [0.2, 0.25) is 0 Å². The Morgan fingerprint density at radius 3 is 2.62 bits per heavy atom. The van der Waals surface area contributed by atoms with Crippen LogP contribution < -0.4 is 0 Å². The van der Waals surface area contributed by atoms with Crippen LogP contribution in [0, 0.1) is 0 Å². The maximum Gasteiger partial charge on any atom is 0.422 e. The van der Waals surface area contributed by atoms with Gasteiger partial charge in [0, 0.05) is 13.1 Å². The molecule has 0 aromatic heterocycles. The molecule has 0 unspecified atom stereocenters. The Balaban J connectivity index is 2.69. The number of carbonyl (C=O) groups is 2. The number of rotatable bonds is 5. The van der Waals surface area contributed by atoms with E-state index in [9.17, 15) is 9.59 Å². The fourth-order valence-corrected chi connectivity index (χ4v) is 1.93. The molecule has 1 saturated heterocycles. The van der Waals surface area contributed by atoms with E-state index in [2.05, 4.69) is 0 Å². The quantitative estimate of drug-likeness (QED) is 0.742. The van der Waals surface area contributed by atoms with Crippen LogP contribution in [0.15, 0.2) is 0 Å². The number of nitrogens with zero attached hydrogens (tertiary/aromatic N) is 2. The van der Waals surface area contributed by atoms with Crippen molar-refractivity contribution in [2.24, 2.45) is 0 Å². The van der Waals surface area contributed by atoms with Gasteiger partial charge in [-0.15, -0.1) is 0 Å². The molecule has 0 radical (unpaired) electrons.